The summed E-state index contributed by atoms with van der Waals surface area (Å²) in [5, 5.41) is 0. The molecule has 0 unspecified atom stereocenters. The Kier molecular flexibility index (Phi) is 46.7. The molecular formula is C57H88O6. The van der Waals surface area contributed by atoms with Gasteiger partial charge in [0.25, 0.3) is 0 Å². The van der Waals surface area contributed by atoms with E-state index in [1.807, 2.05) is 0 Å². The normalized spacial score (nSPS) is 12.8. The topological polar surface area (TPSA) is 78.9 Å². The molecule has 0 saturated heterocycles. The second-order valence-electron chi connectivity index (χ2n) is 15.6. The van der Waals surface area contributed by atoms with Crippen molar-refractivity contribution >= 4 is 17.9 Å². The van der Waals surface area contributed by atoms with Crippen molar-refractivity contribution in [2.75, 3.05) is 13.2 Å². The molecule has 0 heterocycles. The Hall–Kier alpha value is -4.45. The van der Waals surface area contributed by atoms with Gasteiger partial charge in [0.1, 0.15) is 13.2 Å². The molecule has 0 amide bonds. The third-order valence-electron chi connectivity index (χ3n) is 9.62. The molecule has 0 saturated carbocycles. The zero-order valence-corrected chi connectivity index (χ0v) is 40.0. The Balaban J connectivity index is 4.58. The van der Waals surface area contributed by atoms with E-state index in [-0.39, 0.29) is 50.4 Å². The first-order valence-corrected chi connectivity index (χ1v) is 24.7. The van der Waals surface area contributed by atoms with Crippen LogP contribution in [-0.4, -0.2) is 37.2 Å². The van der Waals surface area contributed by atoms with Crippen molar-refractivity contribution in [3.63, 3.8) is 0 Å². The van der Waals surface area contributed by atoms with Gasteiger partial charge in [0, 0.05) is 19.3 Å². The van der Waals surface area contributed by atoms with Gasteiger partial charge in [0.15, 0.2) is 6.10 Å². The molecule has 0 rings (SSSR count). The summed E-state index contributed by atoms with van der Waals surface area (Å²) >= 11 is 0. The van der Waals surface area contributed by atoms with Crippen LogP contribution in [0.5, 0.6) is 0 Å². The predicted octanol–water partition coefficient (Wildman–Crippen LogP) is 16.3. The van der Waals surface area contributed by atoms with E-state index < -0.39 is 6.10 Å². The second-order valence-corrected chi connectivity index (χ2v) is 15.6. The molecule has 0 fully saturated rings. The monoisotopic (exact) mass is 869 g/mol. The van der Waals surface area contributed by atoms with Crippen LogP contribution >= 0.6 is 0 Å². The summed E-state index contributed by atoms with van der Waals surface area (Å²) < 4.78 is 16.6. The van der Waals surface area contributed by atoms with Gasteiger partial charge < -0.3 is 14.2 Å². The first-order chi connectivity index (χ1) is 31.0. The number of rotatable bonds is 42. The summed E-state index contributed by atoms with van der Waals surface area (Å²) in [7, 11) is 0. The molecule has 0 aromatic carbocycles. The highest BCUT2D eigenvalue weighted by molar-refractivity contribution is 5.71. The lowest BCUT2D eigenvalue weighted by atomic mass is 10.1. The smallest absolute Gasteiger partial charge is 0.306 e. The van der Waals surface area contributed by atoms with Gasteiger partial charge in [-0.3, -0.25) is 14.4 Å². The fraction of sp³-hybridized carbons (Fsp3) is 0.561. The molecule has 0 aromatic heterocycles. The van der Waals surface area contributed by atoms with Crippen LogP contribution in [0.15, 0.2) is 134 Å². The Morgan fingerprint density at radius 2 is 0.635 bits per heavy atom. The highest BCUT2D eigenvalue weighted by Gasteiger charge is 2.19. The molecule has 352 valence electrons. The van der Waals surface area contributed by atoms with E-state index in [1.165, 1.54) is 12.8 Å². The van der Waals surface area contributed by atoms with Gasteiger partial charge in [-0.05, 0) is 116 Å². The Labute approximate surface area is 385 Å². The molecule has 0 aliphatic rings. The molecule has 0 atom stereocenters. The van der Waals surface area contributed by atoms with Gasteiger partial charge in [-0.1, -0.05) is 187 Å². The Morgan fingerprint density at radius 3 is 1.03 bits per heavy atom. The number of allylic oxidation sites excluding steroid dienone is 22. The van der Waals surface area contributed by atoms with Crippen LogP contribution in [0.2, 0.25) is 0 Å². The van der Waals surface area contributed by atoms with Crippen LogP contribution in [0.1, 0.15) is 188 Å². The molecule has 0 bridgehead atoms. The van der Waals surface area contributed by atoms with E-state index in [0.29, 0.717) is 12.8 Å². The maximum absolute atomic E-state index is 12.7. The molecule has 6 nitrogen and oxygen atoms in total. The third kappa shape index (κ3) is 48.4. The summed E-state index contributed by atoms with van der Waals surface area (Å²) in [4.78, 5) is 37.9. The van der Waals surface area contributed by atoms with Gasteiger partial charge in [0.2, 0.25) is 0 Å². The van der Waals surface area contributed by atoms with Gasteiger partial charge in [-0.25, -0.2) is 0 Å². The van der Waals surface area contributed by atoms with E-state index in [0.717, 1.165) is 122 Å². The number of hydrogen-bond donors (Lipinski definition) is 0. The molecule has 0 aromatic rings. The highest BCUT2D eigenvalue weighted by Crippen LogP contribution is 2.11. The molecule has 0 aliphatic heterocycles. The number of hydrogen-bond acceptors (Lipinski definition) is 6. The van der Waals surface area contributed by atoms with Crippen LogP contribution < -0.4 is 0 Å². The average Bonchev–Trinajstić information content (AvgIpc) is 3.28. The van der Waals surface area contributed by atoms with E-state index >= 15 is 0 Å². The van der Waals surface area contributed by atoms with Crippen molar-refractivity contribution in [1.29, 1.82) is 0 Å². The minimum Gasteiger partial charge on any atom is -0.462 e. The summed E-state index contributed by atoms with van der Waals surface area (Å²) in [6.45, 7) is 6.23. The zero-order valence-electron chi connectivity index (χ0n) is 40.0. The molecule has 0 spiro atoms. The van der Waals surface area contributed by atoms with E-state index in [9.17, 15) is 14.4 Å². The van der Waals surface area contributed by atoms with Crippen molar-refractivity contribution in [3.05, 3.63) is 134 Å². The molecule has 6 heteroatoms. The molecule has 0 N–H and O–H groups in total. The first kappa shape index (κ1) is 58.6. The van der Waals surface area contributed by atoms with Crippen molar-refractivity contribution in [2.24, 2.45) is 0 Å². The first-order valence-electron chi connectivity index (χ1n) is 24.7. The van der Waals surface area contributed by atoms with E-state index in [2.05, 4.69) is 154 Å². The number of carbonyl (C=O) groups is 3. The van der Waals surface area contributed by atoms with Gasteiger partial charge in [0.05, 0.1) is 0 Å². The second kappa shape index (κ2) is 50.2. The van der Waals surface area contributed by atoms with E-state index in [4.69, 9.17) is 14.2 Å². The number of ether oxygens (including phenoxy) is 3. The maximum Gasteiger partial charge on any atom is 0.306 e. The van der Waals surface area contributed by atoms with Crippen LogP contribution in [0.3, 0.4) is 0 Å². The fourth-order valence-electron chi connectivity index (χ4n) is 5.96. The maximum atomic E-state index is 12.7. The minimum atomic E-state index is -0.832. The Bertz CT molecular complexity index is 1330. The minimum absolute atomic E-state index is 0.134. The van der Waals surface area contributed by atoms with Crippen molar-refractivity contribution in [1.82, 2.24) is 0 Å². The number of unbranched alkanes of at least 4 members (excludes halogenated alkanes) is 9. The molecule has 0 aliphatic carbocycles. The van der Waals surface area contributed by atoms with Crippen LogP contribution in [0, 0.1) is 0 Å². The molecular weight excluding hydrogens is 781 g/mol. The Morgan fingerprint density at radius 1 is 0.333 bits per heavy atom. The fourth-order valence-corrected chi connectivity index (χ4v) is 5.96. The number of esters is 3. The third-order valence-corrected chi connectivity index (χ3v) is 9.62. The van der Waals surface area contributed by atoms with Gasteiger partial charge >= 0.3 is 17.9 Å². The standard InChI is InChI=1S/C57H88O6/c1-4-7-10-13-16-19-22-24-26-28-30-32-35-37-40-43-46-49-55(58)61-52-54(63-57(60)51-48-45-42-39-34-21-18-15-12-9-6-3)53-62-56(59)50-47-44-41-38-36-33-31-29-27-25-23-20-17-14-11-8-5-2/h7-8,10-11,15-20,24-27,30-33,37-38,40-41,54H,4-6,9,12-14,21-23,28-29,34-36,39,42-53H2,1-3H3/b10-7-,11-8-,18-15-,19-16-,20-17-,26-24-,27-25-,32-30-,33-31-,40-37-,41-38-. The lowest BCUT2D eigenvalue weighted by molar-refractivity contribution is -0.167. The highest BCUT2D eigenvalue weighted by atomic mass is 16.6. The zero-order chi connectivity index (χ0) is 45.8. The summed E-state index contributed by atoms with van der Waals surface area (Å²) in [6.07, 6.45) is 70.2. The number of carbonyl (C=O) groups excluding carboxylic acids is 3. The van der Waals surface area contributed by atoms with E-state index in [1.54, 1.807) is 0 Å². The van der Waals surface area contributed by atoms with Gasteiger partial charge in [-0.15, -0.1) is 0 Å². The predicted molar refractivity (Wildman–Crippen MR) is 269 cm³/mol. The summed E-state index contributed by atoms with van der Waals surface area (Å²) in [6, 6.07) is 0. The SMILES string of the molecule is CC/C=C\C/C=C\C/C=C\C/C=C\C/C=C\CCCC(=O)OCC(COC(=O)CCC/C=C\C/C=C\C/C=C\C/C=C\C/C=C\CC)OC(=O)CCCCCCC/C=C\CCCC. The molecule has 0 radical (unpaired) electrons. The van der Waals surface area contributed by atoms with Crippen molar-refractivity contribution in [2.45, 2.75) is 194 Å². The summed E-state index contributed by atoms with van der Waals surface area (Å²) in [5.41, 5.74) is 0. The summed E-state index contributed by atoms with van der Waals surface area (Å²) in [5.74, 6) is -1.07. The average molecular weight is 869 g/mol. The quantitative estimate of drug-likeness (QED) is 0.0263. The lowest BCUT2D eigenvalue weighted by Gasteiger charge is -2.18. The molecule has 63 heavy (non-hydrogen) atoms. The van der Waals surface area contributed by atoms with Crippen LogP contribution in [0.25, 0.3) is 0 Å². The lowest BCUT2D eigenvalue weighted by Crippen LogP contribution is -2.30. The van der Waals surface area contributed by atoms with Gasteiger partial charge in [-0.2, -0.15) is 0 Å². The van der Waals surface area contributed by atoms with Crippen molar-refractivity contribution in [3.8, 4) is 0 Å². The van der Waals surface area contributed by atoms with Crippen LogP contribution in [-0.2, 0) is 28.6 Å². The largest absolute Gasteiger partial charge is 0.462 e. The van der Waals surface area contributed by atoms with Crippen LogP contribution in [0.4, 0.5) is 0 Å². The van der Waals surface area contributed by atoms with Crippen molar-refractivity contribution < 1.29 is 28.6 Å².